The number of aliphatic carboxylic acids is 1. The van der Waals surface area contributed by atoms with Gasteiger partial charge in [-0.05, 0) is 24.1 Å². The van der Waals surface area contributed by atoms with Gasteiger partial charge in [0.25, 0.3) is 0 Å². The summed E-state index contributed by atoms with van der Waals surface area (Å²) in [6, 6.07) is 8.48. The normalized spacial score (nSPS) is 11.8. The Hall–Kier alpha value is -1.97. The van der Waals surface area contributed by atoms with Crippen molar-refractivity contribution < 1.29 is 19.5 Å². The molecule has 1 N–H and O–H groups in total. The lowest BCUT2D eigenvalue weighted by Gasteiger charge is -1.95. The number of carboxylic acid groups (broad SMARTS) is 1. The van der Waals surface area contributed by atoms with E-state index in [1.807, 2.05) is 0 Å². The molecule has 0 saturated carbocycles. The monoisotopic (exact) mass is 206 g/mol. The van der Waals surface area contributed by atoms with E-state index in [4.69, 9.17) is 5.11 Å². The van der Waals surface area contributed by atoms with Crippen molar-refractivity contribution in [3.05, 3.63) is 24.3 Å². The molecule has 2 aliphatic rings. The summed E-state index contributed by atoms with van der Waals surface area (Å²) in [7, 11) is 0. The first-order valence-electron chi connectivity index (χ1n) is 4.35. The lowest BCUT2D eigenvalue weighted by atomic mass is 10.1. The first kappa shape index (κ1) is 11.1. The molecule has 0 saturated heterocycles. The second-order valence-corrected chi connectivity index (χ2v) is 3.14. The van der Waals surface area contributed by atoms with Gasteiger partial charge in [-0.3, -0.25) is 9.59 Å². The molecule has 0 aromatic rings. The van der Waals surface area contributed by atoms with E-state index >= 15 is 0 Å². The lowest BCUT2D eigenvalue weighted by molar-refractivity contribution is -0.147. The molecule has 0 aliphatic heterocycles. The third-order valence-electron chi connectivity index (χ3n) is 1.95. The molecule has 15 heavy (non-hydrogen) atoms. The van der Waals surface area contributed by atoms with Crippen LogP contribution < -0.4 is 0 Å². The maximum Gasteiger partial charge on any atom is 0.321 e. The number of carboxylic acids is 1. The average molecular weight is 206 g/mol. The van der Waals surface area contributed by atoms with E-state index in [2.05, 4.69) is 24.3 Å². The van der Waals surface area contributed by atoms with E-state index in [1.165, 1.54) is 11.1 Å². The van der Waals surface area contributed by atoms with E-state index < -0.39 is 17.7 Å². The first-order valence-corrected chi connectivity index (χ1v) is 4.35. The molecular formula is C11H10O4. The minimum absolute atomic E-state index is 0.116. The summed E-state index contributed by atoms with van der Waals surface area (Å²) in [5, 5.41) is 8.09. The van der Waals surface area contributed by atoms with Crippen LogP contribution >= 0.6 is 0 Å². The molecule has 0 fully saturated rings. The number of carbonyl (C=O) groups is 3. The number of hydrogen-bond donors (Lipinski definition) is 1. The molecule has 4 heteroatoms. The maximum absolute atomic E-state index is 10.2. The summed E-state index contributed by atoms with van der Waals surface area (Å²) in [5.74, 6) is -3.51. The van der Waals surface area contributed by atoms with Crippen molar-refractivity contribution in [1.29, 1.82) is 0 Å². The highest BCUT2D eigenvalue weighted by Gasteiger charge is 2.20. The van der Waals surface area contributed by atoms with Crippen LogP contribution in [0.1, 0.15) is 6.92 Å². The molecule has 0 aromatic heterocycles. The summed E-state index contributed by atoms with van der Waals surface area (Å²) in [6.07, 6.45) is 0.116. The van der Waals surface area contributed by atoms with Gasteiger partial charge in [-0.25, -0.2) is 0 Å². The Morgan fingerprint density at radius 1 is 1.33 bits per heavy atom. The van der Waals surface area contributed by atoms with Gasteiger partial charge >= 0.3 is 5.97 Å². The minimum atomic E-state index is -1.48. The van der Waals surface area contributed by atoms with Crippen molar-refractivity contribution in [2.45, 2.75) is 6.92 Å². The largest absolute Gasteiger partial charge is 0.480 e. The van der Waals surface area contributed by atoms with Gasteiger partial charge in [0.05, 0.1) is 0 Å². The van der Waals surface area contributed by atoms with Gasteiger partial charge in [0.15, 0.2) is 11.7 Å². The van der Waals surface area contributed by atoms with Gasteiger partial charge in [-0.2, -0.15) is 0 Å². The summed E-state index contributed by atoms with van der Waals surface area (Å²) in [5.41, 5.74) is 2.85. The second-order valence-electron chi connectivity index (χ2n) is 3.14. The third kappa shape index (κ3) is 3.02. The van der Waals surface area contributed by atoms with E-state index in [1.54, 1.807) is 0 Å². The predicted octanol–water partition coefficient (Wildman–Crippen LogP) is 1.14. The zero-order valence-corrected chi connectivity index (χ0v) is 8.14. The zero-order valence-electron chi connectivity index (χ0n) is 8.14. The van der Waals surface area contributed by atoms with Crippen molar-refractivity contribution in [3.8, 4) is 11.1 Å². The van der Waals surface area contributed by atoms with Crippen molar-refractivity contribution >= 4 is 18.0 Å². The van der Waals surface area contributed by atoms with Crippen molar-refractivity contribution in [1.82, 2.24) is 0 Å². The molecule has 1 unspecified atom stereocenters. The minimum Gasteiger partial charge on any atom is -0.480 e. The van der Waals surface area contributed by atoms with Crippen LogP contribution in [0.5, 0.6) is 0 Å². The molecule has 78 valence electrons. The molecule has 0 amide bonds. The van der Waals surface area contributed by atoms with Crippen LogP contribution in [0.2, 0.25) is 0 Å². The van der Waals surface area contributed by atoms with Crippen LogP contribution in [0, 0.1) is 5.92 Å². The van der Waals surface area contributed by atoms with Gasteiger partial charge in [0.1, 0.15) is 6.29 Å². The van der Waals surface area contributed by atoms with Crippen molar-refractivity contribution in [3.63, 3.8) is 0 Å². The smallest absolute Gasteiger partial charge is 0.321 e. The topological polar surface area (TPSA) is 71.4 Å². The van der Waals surface area contributed by atoms with Crippen LogP contribution in [-0.2, 0) is 14.4 Å². The first-order chi connectivity index (χ1) is 7.06. The molecular weight excluding hydrogens is 196 g/mol. The molecule has 0 radical (unpaired) electrons. The zero-order chi connectivity index (χ0) is 11.4. The highest BCUT2D eigenvalue weighted by atomic mass is 16.4. The molecule has 0 aromatic carbocycles. The number of benzene rings is 1. The Morgan fingerprint density at radius 3 is 1.93 bits per heavy atom. The van der Waals surface area contributed by atoms with E-state index in [0.717, 1.165) is 6.92 Å². The molecule has 0 heterocycles. The van der Waals surface area contributed by atoms with E-state index in [0.29, 0.717) is 0 Å². The standard InChI is InChI=1S/C6H4.C5H6O4/c1-2-5-4-6(5)3-1;1-3(7)4(2-6)5(8)9/h1-4H;2,4H,1H3,(H,8,9). The number of aldehydes is 1. The van der Waals surface area contributed by atoms with E-state index in [-0.39, 0.29) is 6.29 Å². The number of hydrogen-bond acceptors (Lipinski definition) is 3. The highest BCUT2D eigenvalue weighted by Crippen LogP contribution is 2.32. The van der Waals surface area contributed by atoms with Gasteiger partial charge in [0.2, 0.25) is 0 Å². The molecule has 4 nitrogen and oxygen atoms in total. The Kier molecular flexibility index (Phi) is 3.33. The van der Waals surface area contributed by atoms with Gasteiger partial charge in [-0.15, -0.1) is 0 Å². The van der Waals surface area contributed by atoms with Crippen LogP contribution in [0.4, 0.5) is 0 Å². The van der Waals surface area contributed by atoms with Crippen molar-refractivity contribution in [2.75, 3.05) is 0 Å². The summed E-state index contributed by atoms with van der Waals surface area (Å²) in [6.45, 7) is 1.06. The average Bonchev–Trinajstić information content (AvgIpc) is 2.74. The van der Waals surface area contributed by atoms with Crippen LogP contribution in [0.15, 0.2) is 24.3 Å². The van der Waals surface area contributed by atoms with Gasteiger partial charge < -0.3 is 9.90 Å². The molecule has 1 atom stereocenters. The van der Waals surface area contributed by atoms with Gasteiger partial charge in [0, 0.05) is 0 Å². The molecule has 0 spiro atoms. The molecule has 2 aliphatic carbocycles. The van der Waals surface area contributed by atoms with Crippen LogP contribution in [0.3, 0.4) is 0 Å². The summed E-state index contributed by atoms with van der Waals surface area (Å²) in [4.78, 5) is 29.9. The highest BCUT2D eigenvalue weighted by molar-refractivity contribution is 6.09. The summed E-state index contributed by atoms with van der Waals surface area (Å²) < 4.78 is 0. The third-order valence-corrected chi connectivity index (χ3v) is 1.95. The number of fused-ring (bicyclic) bond motifs is 1. The Balaban J connectivity index is 0.000000158. The fourth-order valence-electron chi connectivity index (χ4n) is 1.00. The molecule has 0 bridgehead atoms. The Labute approximate surface area is 86.5 Å². The lowest BCUT2D eigenvalue weighted by Crippen LogP contribution is -2.22. The van der Waals surface area contributed by atoms with Gasteiger partial charge in [-0.1, -0.05) is 18.2 Å². The number of Topliss-reactive ketones (excluding diaryl/α,β-unsaturated/α-hetero) is 1. The molecule has 2 rings (SSSR count). The second kappa shape index (κ2) is 4.50. The fourth-order valence-corrected chi connectivity index (χ4v) is 1.00. The Bertz CT molecular complexity index is 378. The number of carbonyl (C=O) groups excluding carboxylic acids is 2. The maximum atomic E-state index is 10.2. The fraction of sp³-hybridized carbons (Fsp3) is 0.182. The van der Waals surface area contributed by atoms with Crippen LogP contribution in [0.25, 0.3) is 11.1 Å². The van der Waals surface area contributed by atoms with E-state index in [9.17, 15) is 14.4 Å². The SMILES string of the molecule is CC(=O)C(C=O)C(=O)O.c1cc2cc-2c1. The quantitative estimate of drug-likeness (QED) is 0.603. The van der Waals surface area contributed by atoms with Crippen molar-refractivity contribution in [2.24, 2.45) is 5.92 Å². The van der Waals surface area contributed by atoms with Crippen LogP contribution in [-0.4, -0.2) is 23.1 Å². The predicted molar refractivity (Wildman–Crippen MR) is 53.3 cm³/mol. The number of rotatable bonds is 3. The Morgan fingerprint density at radius 2 is 1.87 bits per heavy atom. The number of ketones is 1. The summed E-state index contributed by atoms with van der Waals surface area (Å²) >= 11 is 0.